The first kappa shape index (κ1) is 16.6. The Labute approximate surface area is 139 Å². The average Bonchev–Trinajstić information content (AvgIpc) is 3.24. The second-order valence-electron chi connectivity index (χ2n) is 5.94. The molecule has 7 heteroatoms. The molecular formula is C17H21FN4O2. The lowest BCUT2D eigenvalue weighted by molar-refractivity contribution is -0.134. The lowest BCUT2D eigenvalue weighted by Crippen LogP contribution is -2.45. The SMILES string of the molecule is COCC(N)C(=O)N1CCCC1c1ncc(-c2ccc(F)cc2)[nH]1. The Morgan fingerprint density at radius 3 is 2.96 bits per heavy atom. The molecule has 0 saturated carbocycles. The largest absolute Gasteiger partial charge is 0.383 e. The number of aromatic amines is 1. The van der Waals surface area contributed by atoms with Crippen molar-refractivity contribution in [3.05, 3.63) is 42.1 Å². The fraction of sp³-hybridized carbons (Fsp3) is 0.412. The van der Waals surface area contributed by atoms with Crippen molar-refractivity contribution in [2.24, 2.45) is 5.73 Å². The molecule has 1 aliphatic heterocycles. The van der Waals surface area contributed by atoms with Crippen molar-refractivity contribution in [2.45, 2.75) is 24.9 Å². The number of amides is 1. The molecule has 0 aliphatic carbocycles. The van der Waals surface area contributed by atoms with E-state index in [2.05, 4.69) is 9.97 Å². The van der Waals surface area contributed by atoms with E-state index in [9.17, 15) is 9.18 Å². The summed E-state index contributed by atoms with van der Waals surface area (Å²) in [5.74, 6) is 0.321. The Kier molecular flexibility index (Phi) is 4.92. The van der Waals surface area contributed by atoms with E-state index in [-0.39, 0.29) is 24.4 Å². The number of halogens is 1. The molecule has 2 heterocycles. The third-order valence-electron chi connectivity index (χ3n) is 4.27. The number of imidazole rings is 1. The molecule has 2 aromatic rings. The quantitative estimate of drug-likeness (QED) is 0.875. The van der Waals surface area contributed by atoms with Crippen molar-refractivity contribution < 1.29 is 13.9 Å². The number of carbonyl (C=O) groups excluding carboxylic acids is 1. The third kappa shape index (κ3) is 3.32. The Hall–Kier alpha value is -2.25. The molecular weight excluding hydrogens is 311 g/mol. The molecule has 1 saturated heterocycles. The number of nitrogens with two attached hydrogens (primary N) is 1. The predicted molar refractivity (Wildman–Crippen MR) is 87.5 cm³/mol. The highest BCUT2D eigenvalue weighted by Crippen LogP contribution is 2.31. The normalized spacial score (nSPS) is 18.8. The van der Waals surface area contributed by atoms with Crippen molar-refractivity contribution in [1.82, 2.24) is 14.9 Å². The van der Waals surface area contributed by atoms with Crippen molar-refractivity contribution in [2.75, 3.05) is 20.3 Å². The fourth-order valence-electron chi connectivity index (χ4n) is 3.06. The number of H-pyrrole nitrogens is 1. The zero-order chi connectivity index (χ0) is 17.1. The number of methoxy groups -OCH3 is 1. The van der Waals surface area contributed by atoms with Gasteiger partial charge in [0.25, 0.3) is 0 Å². The van der Waals surface area contributed by atoms with Crippen LogP contribution in [0.3, 0.4) is 0 Å². The predicted octanol–water partition coefficient (Wildman–Crippen LogP) is 1.85. The highest BCUT2D eigenvalue weighted by molar-refractivity contribution is 5.82. The summed E-state index contributed by atoms with van der Waals surface area (Å²) in [5.41, 5.74) is 7.52. The number of rotatable bonds is 5. The number of nitrogens with zero attached hydrogens (tertiary/aromatic N) is 2. The molecule has 1 amide bonds. The van der Waals surface area contributed by atoms with Gasteiger partial charge in [-0.2, -0.15) is 0 Å². The number of hydrogen-bond donors (Lipinski definition) is 2. The summed E-state index contributed by atoms with van der Waals surface area (Å²) >= 11 is 0. The zero-order valence-electron chi connectivity index (χ0n) is 13.5. The smallest absolute Gasteiger partial charge is 0.242 e. The summed E-state index contributed by atoms with van der Waals surface area (Å²) < 4.78 is 18.0. The number of aromatic nitrogens is 2. The van der Waals surface area contributed by atoms with Gasteiger partial charge in [-0.3, -0.25) is 4.79 Å². The van der Waals surface area contributed by atoms with E-state index in [1.165, 1.54) is 19.2 Å². The lowest BCUT2D eigenvalue weighted by atomic mass is 10.1. The van der Waals surface area contributed by atoms with Gasteiger partial charge in [-0.25, -0.2) is 9.37 Å². The fourth-order valence-corrected chi connectivity index (χ4v) is 3.06. The van der Waals surface area contributed by atoms with E-state index in [0.717, 1.165) is 29.9 Å². The van der Waals surface area contributed by atoms with Gasteiger partial charge in [0.15, 0.2) is 0 Å². The zero-order valence-corrected chi connectivity index (χ0v) is 13.5. The van der Waals surface area contributed by atoms with Crippen LogP contribution in [0.2, 0.25) is 0 Å². The highest BCUT2D eigenvalue weighted by Gasteiger charge is 2.34. The van der Waals surface area contributed by atoms with Crippen LogP contribution in [0.25, 0.3) is 11.3 Å². The summed E-state index contributed by atoms with van der Waals surface area (Å²) in [6.45, 7) is 0.856. The molecule has 2 atom stereocenters. The first-order chi connectivity index (χ1) is 11.6. The van der Waals surface area contributed by atoms with Crippen molar-refractivity contribution in [1.29, 1.82) is 0 Å². The molecule has 3 rings (SSSR count). The van der Waals surface area contributed by atoms with Crippen LogP contribution in [0.5, 0.6) is 0 Å². The van der Waals surface area contributed by atoms with E-state index in [1.54, 1.807) is 23.2 Å². The van der Waals surface area contributed by atoms with Crippen LogP contribution >= 0.6 is 0 Å². The molecule has 1 aliphatic rings. The van der Waals surface area contributed by atoms with E-state index in [4.69, 9.17) is 10.5 Å². The Morgan fingerprint density at radius 1 is 1.50 bits per heavy atom. The summed E-state index contributed by atoms with van der Waals surface area (Å²) in [7, 11) is 1.52. The summed E-state index contributed by atoms with van der Waals surface area (Å²) in [6.07, 6.45) is 3.45. The van der Waals surface area contributed by atoms with Crippen molar-refractivity contribution >= 4 is 5.91 Å². The number of ether oxygens (including phenoxy) is 1. The lowest BCUT2D eigenvalue weighted by Gasteiger charge is -2.26. The van der Waals surface area contributed by atoms with E-state index in [1.807, 2.05) is 0 Å². The molecule has 1 aromatic carbocycles. The van der Waals surface area contributed by atoms with Gasteiger partial charge < -0.3 is 20.4 Å². The van der Waals surface area contributed by atoms with Crippen molar-refractivity contribution in [3.63, 3.8) is 0 Å². The monoisotopic (exact) mass is 332 g/mol. The van der Waals surface area contributed by atoms with Crippen molar-refractivity contribution in [3.8, 4) is 11.3 Å². The minimum absolute atomic E-state index is 0.116. The molecule has 1 aromatic heterocycles. The number of carbonyl (C=O) groups is 1. The van der Waals surface area contributed by atoms with Crippen LogP contribution in [0.1, 0.15) is 24.7 Å². The van der Waals surface area contributed by atoms with Crippen LogP contribution in [0, 0.1) is 5.82 Å². The van der Waals surface area contributed by atoms with Gasteiger partial charge >= 0.3 is 0 Å². The average molecular weight is 332 g/mol. The summed E-state index contributed by atoms with van der Waals surface area (Å²) in [4.78, 5) is 21.9. The third-order valence-corrected chi connectivity index (χ3v) is 4.27. The second kappa shape index (κ2) is 7.11. The molecule has 3 N–H and O–H groups in total. The Bertz CT molecular complexity index is 701. The van der Waals surface area contributed by atoms with Gasteiger partial charge in [0.2, 0.25) is 5.91 Å². The minimum Gasteiger partial charge on any atom is -0.383 e. The van der Waals surface area contributed by atoms with Gasteiger partial charge in [0, 0.05) is 13.7 Å². The molecule has 1 fully saturated rings. The van der Waals surface area contributed by atoms with Gasteiger partial charge in [-0.15, -0.1) is 0 Å². The Morgan fingerprint density at radius 2 is 2.25 bits per heavy atom. The van der Waals surface area contributed by atoms with E-state index < -0.39 is 6.04 Å². The molecule has 128 valence electrons. The molecule has 24 heavy (non-hydrogen) atoms. The van der Waals surface area contributed by atoms with Crippen LogP contribution in [0.15, 0.2) is 30.5 Å². The van der Waals surface area contributed by atoms with Crippen LogP contribution in [0.4, 0.5) is 4.39 Å². The highest BCUT2D eigenvalue weighted by atomic mass is 19.1. The number of likely N-dealkylation sites (tertiary alicyclic amines) is 1. The van der Waals surface area contributed by atoms with Crippen LogP contribution in [-0.4, -0.2) is 47.1 Å². The maximum atomic E-state index is 13.0. The van der Waals surface area contributed by atoms with Gasteiger partial charge in [0.05, 0.1) is 24.5 Å². The first-order valence-electron chi connectivity index (χ1n) is 7.96. The topological polar surface area (TPSA) is 84.2 Å². The molecule has 6 nitrogen and oxygen atoms in total. The maximum absolute atomic E-state index is 13.0. The van der Waals surface area contributed by atoms with Gasteiger partial charge in [-0.1, -0.05) is 0 Å². The first-order valence-corrected chi connectivity index (χ1v) is 7.96. The second-order valence-corrected chi connectivity index (χ2v) is 5.94. The molecule has 0 bridgehead atoms. The Balaban J connectivity index is 1.78. The van der Waals surface area contributed by atoms with Gasteiger partial charge in [0.1, 0.15) is 17.7 Å². The number of nitrogens with one attached hydrogen (secondary N) is 1. The van der Waals surface area contributed by atoms with Crippen LogP contribution < -0.4 is 5.73 Å². The molecule has 0 radical (unpaired) electrons. The summed E-state index contributed by atoms with van der Waals surface area (Å²) in [5, 5.41) is 0. The number of benzene rings is 1. The van der Waals surface area contributed by atoms with Gasteiger partial charge in [-0.05, 0) is 42.7 Å². The van der Waals surface area contributed by atoms with Crippen LogP contribution in [-0.2, 0) is 9.53 Å². The molecule has 0 spiro atoms. The summed E-state index contributed by atoms with van der Waals surface area (Å²) in [6, 6.07) is 5.42. The maximum Gasteiger partial charge on any atom is 0.242 e. The molecule has 2 unspecified atom stereocenters. The van der Waals surface area contributed by atoms with E-state index in [0.29, 0.717) is 6.54 Å². The minimum atomic E-state index is -0.665. The number of hydrogen-bond acceptors (Lipinski definition) is 4. The van der Waals surface area contributed by atoms with E-state index >= 15 is 0 Å². The standard InChI is InChI=1S/C17H21FN4O2/c1-24-10-13(19)17(23)22-8-2-3-15(22)16-20-9-14(21-16)11-4-6-12(18)7-5-11/h4-7,9,13,15H,2-3,8,10,19H2,1H3,(H,20,21).